The standard InChI is InChI=1S/C11H10OS/c1-3-4-5-6-10(12)11-8-7-9(2)13-11/h7-8,10,12H,1-2H3. The number of hydrogen-bond acceptors (Lipinski definition) is 2. The van der Waals surface area contributed by atoms with Crippen LogP contribution in [0.3, 0.4) is 0 Å². The van der Waals surface area contributed by atoms with Crippen LogP contribution in [-0.4, -0.2) is 5.11 Å². The van der Waals surface area contributed by atoms with Gasteiger partial charge < -0.3 is 5.11 Å². The average Bonchev–Trinajstić information content (AvgIpc) is 2.52. The van der Waals surface area contributed by atoms with E-state index >= 15 is 0 Å². The maximum atomic E-state index is 9.53. The van der Waals surface area contributed by atoms with Gasteiger partial charge in [0.15, 0.2) is 0 Å². The van der Waals surface area contributed by atoms with Gasteiger partial charge in [-0.25, -0.2) is 0 Å². The van der Waals surface area contributed by atoms with Crippen molar-refractivity contribution in [2.45, 2.75) is 20.0 Å². The zero-order chi connectivity index (χ0) is 9.68. The quantitative estimate of drug-likeness (QED) is 0.672. The molecular weight excluding hydrogens is 180 g/mol. The predicted molar refractivity (Wildman–Crippen MR) is 55.2 cm³/mol. The first-order valence-electron chi connectivity index (χ1n) is 3.90. The van der Waals surface area contributed by atoms with Gasteiger partial charge in [-0.15, -0.1) is 11.3 Å². The fraction of sp³-hybridized carbons (Fsp3) is 0.273. The van der Waals surface area contributed by atoms with E-state index in [1.165, 1.54) is 4.88 Å². The number of aliphatic hydroxyl groups is 1. The third kappa shape index (κ3) is 2.95. The molecular formula is C11H10OS. The number of thiophene rings is 1. The van der Waals surface area contributed by atoms with Gasteiger partial charge in [0.2, 0.25) is 0 Å². The van der Waals surface area contributed by atoms with Crippen molar-refractivity contribution in [3.8, 4) is 23.7 Å². The minimum atomic E-state index is -0.695. The van der Waals surface area contributed by atoms with Gasteiger partial charge in [-0.2, -0.15) is 0 Å². The van der Waals surface area contributed by atoms with Crippen LogP contribution in [0.5, 0.6) is 0 Å². The molecule has 0 fully saturated rings. The van der Waals surface area contributed by atoms with E-state index < -0.39 is 6.10 Å². The Morgan fingerprint density at radius 1 is 1.38 bits per heavy atom. The van der Waals surface area contributed by atoms with E-state index in [1.807, 2.05) is 19.1 Å². The van der Waals surface area contributed by atoms with E-state index in [0.29, 0.717) is 0 Å². The monoisotopic (exact) mass is 190 g/mol. The van der Waals surface area contributed by atoms with Crippen molar-refractivity contribution in [2.75, 3.05) is 0 Å². The lowest BCUT2D eigenvalue weighted by Crippen LogP contribution is -1.88. The molecule has 1 atom stereocenters. The minimum Gasteiger partial charge on any atom is -0.375 e. The normalized spacial score (nSPS) is 10.7. The van der Waals surface area contributed by atoms with Gasteiger partial charge in [-0.05, 0) is 37.8 Å². The molecule has 13 heavy (non-hydrogen) atoms. The van der Waals surface area contributed by atoms with Crippen LogP contribution in [0.1, 0.15) is 22.8 Å². The molecule has 1 N–H and O–H groups in total. The third-order valence-corrected chi connectivity index (χ3v) is 2.48. The van der Waals surface area contributed by atoms with Crippen molar-refractivity contribution >= 4 is 11.3 Å². The highest BCUT2D eigenvalue weighted by atomic mass is 32.1. The Morgan fingerprint density at radius 3 is 2.69 bits per heavy atom. The van der Waals surface area contributed by atoms with Crippen molar-refractivity contribution in [2.24, 2.45) is 0 Å². The summed E-state index contributed by atoms with van der Waals surface area (Å²) < 4.78 is 0. The second kappa shape index (κ2) is 4.72. The second-order valence-electron chi connectivity index (χ2n) is 2.50. The fourth-order valence-electron chi connectivity index (χ4n) is 0.838. The summed E-state index contributed by atoms with van der Waals surface area (Å²) in [7, 11) is 0. The summed E-state index contributed by atoms with van der Waals surface area (Å²) in [5.41, 5.74) is 0. The van der Waals surface area contributed by atoms with Gasteiger partial charge in [-0.3, -0.25) is 0 Å². The van der Waals surface area contributed by atoms with E-state index in [9.17, 15) is 5.11 Å². The number of rotatable bonds is 1. The Morgan fingerprint density at radius 2 is 2.15 bits per heavy atom. The molecule has 1 aromatic rings. The Hall–Kier alpha value is -1.22. The van der Waals surface area contributed by atoms with Crippen LogP contribution in [0.25, 0.3) is 0 Å². The Balaban J connectivity index is 2.74. The average molecular weight is 190 g/mol. The molecule has 0 aromatic carbocycles. The van der Waals surface area contributed by atoms with Gasteiger partial charge in [-0.1, -0.05) is 11.8 Å². The van der Waals surface area contributed by atoms with E-state index in [1.54, 1.807) is 18.3 Å². The van der Waals surface area contributed by atoms with Crippen LogP contribution in [0.15, 0.2) is 12.1 Å². The zero-order valence-corrected chi connectivity index (χ0v) is 8.40. The highest BCUT2D eigenvalue weighted by molar-refractivity contribution is 7.12. The topological polar surface area (TPSA) is 20.2 Å². The maximum Gasteiger partial charge on any atom is 0.150 e. The fourth-order valence-corrected chi connectivity index (χ4v) is 1.65. The third-order valence-electron chi connectivity index (χ3n) is 1.43. The Labute approximate surface area is 82.4 Å². The molecule has 0 aliphatic rings. The van der Waals surface area contributed by atoms with Gasteiger partial charge in [0.25, 0.3) is 0 Å². The van der Waals surface area contributed by atoms with Crippen LogP contribution in [0.4, 0.5) is 0 Å². The molecule has 0 bridgehead atoms. The van der Waals surface area contributed by atoms with Crippen molar-refractivity contribution in [3.05, 3.63) is 21.9 Å². The summed E-state index contributed by atoms with van der Waals surface area (Å²) in [6, 6.07) is 3.86. The minimum absolute atomic E-state index is 0.695. The molecule has 1 heterocycles. The summed E-state index contributed by atoms with van der Waals surface area (Å²) in [5, 5.41) is 9.53. The number of hydrogen-bond donors (Lipinski definition) is 1. The first-order chi connectivity index (χ1) is 6.24. The SMILES string of the molecule is CC#CC#CC(O)c1ccc(C)s1. The van der Waals surface area contributed by atoms with Crippen LogP contribution in [-0.2, 0) is 0 Å². The van der Waals surface area contributed by atoms with Crippen molar-refractivity contribution < 1.29 is 5.11 Å². The maximum absolute atomic E-state index is 9.53. The smallest absolute Gasteiger partial charge is 0.150 e. The lowest BCUT2D eigenvalue weighted by molar-refractivity contribution is 0.242. The molecule has 1 aromatic heterocycles. The largest absolute Gasteiger partial charge is 0.375 e. The van der Waals surface area contributed by atoms with E-state index in [4.69, 9.17) is 0 Å². The Kier molecular flexibility index (Phi) is 3.58. The van der Waals surface area contributed by atoms with Crippen molar-refractivity contribution in [1.29, 1.82) is 0 Å². The molecule has 2 heteroatoms. The summed E-state index contributed by atoms with van der Waals surface area (Å²) in [5.74, 6) is 10.5. The molecule has 0 saturated heterocycles. The lowest BCUT2D eigenvalue weighted by Gasteiger charge is -1.95. The summed E-state index contributed by atoms with van der Waals surface area (Å²) in [6.07, 6.45) is -0.695. The predicted octanol–water partition coefficient (Wildman–Crippen LogP) is 2.12. The molecule has 1 unspecified atom stereocenters. The first kappa shape index (κ1) is 9.86. The van der Waals surface area contributed by atoms with Crippen LogP contribution in [0.2, 0.25) is 0 Å². The molecule has 0 spiro atoms. The summed E-state index contributed by atoms with van der Waals surface area (Å²) in [4.78, 5) is 2.06. The molecule has 0 radical (unpaired) electrons. The second-order valence-corrected chi connectivity index (χ2v) is 3.81. The van der Waals surface area contributed by atoms with E-state index in [2.05, 4.69) is 23.7 Å². The molecule has 0 saturated carbocycles. The molecule has 66 valence electrons. The Bertz CT molecular complexity index is 395. The van der Waals surface area contributed by atoms with Crippen LogP contribution >= 0.6 is 11.3 Å². The lowest BCUT2D eigenvalue weighted by atomic mass is 10.3. The van der Waals surface area contributed by atoms with Gasteiger partial charge in [0.1, 0.15) is 6.10 Å². The van der Waals surface area contributed by atoms with Gasteiger partial charge >= 0.3 is 0 Å². The van der Waals surface area contributed by atoms with Crippen LogP contribution in [0, 0.1) is 30.6 Å². The molecule has 0 aliphatic heterocycles. The first-order valence-corrected chi connectivity index (χ1v) is 4.72. The molecule has 1 rings (SSSR count). The highest BCUT2D eigenvalue weighted by Crippen LogP contribution is 2.21. The number of aryl methyl sites for hydroxylation is 1. The molecule has 0 aliphatic carbocycles. The summed E-state index contributed by atoms with van der Waals surface area (Å²) >= 11 is 1.55. The molecule has 0 amide bonds. The zero-order valence-electron chi connectivity index (χ0n) is 7.59. The van der Waals surface area contributed by atoms with Crippen molar-refractivity contribution in [1.82, 2.24) is 0 Å². The van der Waals surface area contributed by atoms with Crippen molar-refractivity contribution in [3.63, 3.8) is 0 Å². The van der Waals surface area contributed by atoms with Gasteiger partial charge in [0, 0.05) is 9.75 Å². The number of aliphatic hydroxyl groups excluding tert-OH is 1. The van der Waals surface area contributed by atoms with Crippen LogP contribution < -0.4 is 0 Å². The van der Waals surface area contributed by atoms with E-state index in [0.717, 1.165) is 4.88 Å². The highest BCUT2D eigenvalue weighted by Gasteiger charge is 2.04. The van der Waals surface area contributed by atoms with Gasteiger partial charge in [0.05, 0.1) is 0 Å². The summed E-state index contributed by atoms with van der Waals surface area (Å²) in [6.45, 7) is 3.72. The van der Waals surface area contributed by atoms with E-state index in [-0.39, 0.29) is 0 Å². The molecule has 1 nitrogen and oxygen atoms in total.